The molecule has 0 atom stereocenters. The second kappa shape index (κ2) is 8.02. The van der Waals surface area contributed by atoms with E-state index in [9.17, 15) is 0 Å². The predicted molar refractivity (Wildman–Crippen MR) is 116 cm³/mol. The Kier molecular flexibility index (Phi) is 5.47. The molecule has 0 aliphatic heterocycles. The van der Waals surface area contributed by atoms with Crippen molar-refractivity contribution in [3.8, 4) is 0 Å². The lowest BCUT2D eigenvalue weighted by molar-refractivity contribution is 0.462. The molecule has 0 amide bonds. The van der Waals surface area contributed by atoms with Crippen molar-refractivity contribution in [1.82, 2.24) is 9.97 Å². The van der Waals surface area contributed by atoms with Gasteiger partial charge in [-0.15, -0.1) is 0 Å². The molecule has 2 saturated carbocycles. The van der Waals surface area contributed by atoms with Crippen LogP contribution >= 0.6 is 0 Å². The molecule has 2 fully saturated rings. The van der Waals surface area contributed by atoms with Crippen LogP contribution < -0.4 is 5.32 Å². The Bertz CT molecular complexity index is 836. The Hall–Kier alpha value is -2.23. The van der Waals surface area contributed by atoms with Gasteiger partial charge in [0.25, 0.3) is 0 Å². The number of rotatable bonds is 6. The highest BCUT2D eigenvalue weighted by molar-refractivity contribution is 6.12. The third-order valence-corrected chi connectivity index (χ3v) is 6.44. The number of aromatic nitrogens is 2. The van der Waals surface area contributed by atoms with Crippen LogP contribution in [-0.2, 0) is 0 Å². The Morgan fingerprint density at radius 1 is 1.18 bits per heavy atom. The third-order valence-electron chi connectivity index (χ3n) is 6.44. The van der Waals surface area contributed by atoms with E-state index >= 15 is 0 Å². The summed E-state index contributed by atoms with van der Waals surface area (Å²) in [7, 11) is 0. The third kappa shape index (κ3) is 4.60. The first-order valence-electron chi connectivity index (χ1n) is 10.8. The molecule has 2 N–H and O–H groups in total. The fourth-order valence-electron chi connectivity index (χ4n) is 4.30. The largest absolute Gasteiger partial charge is 0.367 e. The Labute approximate surface area is 168 Å². The minimum absolute atomic E-state index is 0.472. The molecule has 0 unspecified atom stereocenters. The van der Waals surface area contributed by atoms with Crippen molar-refractivity contribution in [3.05, 3.63) is 53.0 Å². The van der Waals surface area contributed by atoms with Crippen LogP contribution in [0.2, 0.25) is 0 Å². The second-order valence-corrected chi connectivity index (χ2v) is 9.09. The molecule has 4 rings (SSSR count). The summed E-state index contributed by atoms with van der Waals surface area (Å²) in [4.78, 5) is 8.83. The van der Waals surface area contributed by atoms with Gasteiger partial charge in [0.2, 0.25) is 0 Å². The molecule has 4 heteroatoms. The van der Waals surface area contributed by atoms with Gasteiger partial charge in [0.15, 0.2) is 0 Å². The average Bonchev–Trinajstić information content (AvgIpc) is 3.45. The molecule has 0 aromatic carbocycles. The summed E-state index contributed by atoms with van der Waals surface area (Å²) in [6.07, 6.45) is 19.4. The van der Waals surface area contributed by atoms with Crippen LogP contribution in [0, 0.1) is 10.8 Å². The molecule has 1 aromatic heterocycles. The number of nitrogens with one attached hydrogen (secondary N) is 2. The van der Waals surface area contributed by atoms with E-state index in [1.165, 1.54) is 50.5 Å². The summed E-state index contributed by atoms with van der Waals surface area (Å²) < 4.78 is 0. The van der Waals surface area contributed by atoms with Crippen LogP contribution in [0.5, 0.6) is 0 Å². The van der Waals surface area contributed by atoms with E-state index in [2.05, 4.69) is 47.4 Å². The zero-order valence-electron chi connectivity index (χ0n) is 17.2. The first-order chi connectivity index (χ1) is 13.5. The molecule has 3 aliphatic rings. The minimum Gasteiger partial charge on any atom is -0.367 e. The summed E-state index contributed by atoms with van der Waals surface area (Å²) in [6, 6.07) is 2.44. The van der Waals surface area contributed by atoms with Crippen molar-refractivity contribution in [1.29, 1.82) is 5.41 Å². The molecule has 4 nitrogen and oxygen atoms in total. The second-order valence-electron chi connectivity index (χ2n) is 9.09. The minimum atomic E-state index is 0.472. The zero-order chi connectivity index (χ0) is 19.6. The first-order valence-corrected chi connectivity index (χ1v) is 10.8. The normalized spacial score (nSPS) is 21.9. The van der Waals surface area contributed by atoms with Crippen LogP contribution in [0.3, 0.4) is 0 Å². The van der Waals surface area contributed by atoms with Gasteiger partial charge in [0, 0.05) is 17.7 Å². The maximum Gasteiger partial charge on any atom is 0.130 e. The molecule has 0 bridgehead atoms. The van der Waals surface area contributed by atoms with E-state index in [0.717, 1.165) is 29.8 Å². The van der Waals surface area contributed by atoms with E-state index in [1.54, 1.807) is 6.33 Å². The molecule has 148 valence electrons. The van der Waals surface area contributed by atoms with Crippen molar-refractivity contribution in [3.63, 3.8) is 0 Å². The quantitative estimate of drug-likeness (QED) is 0.600. The van der Waals surface area contributed by atoms with E-state index in [4.69, 9.17) is 5.41 Å². The predicted octanol–water partition coefficient (Wildman–Crippen LogP) is 5.98. The van der Waals surface area contributed by atoms with Gasteiger partial charge in [-0.3, -0.25) is 5.41 Å². The number of hydrogen-bond donors (Lipinski definition) is 2. The standard InChI is InChI=1S/C24H32N4/c1-17-7-6-8-18(15-24(2)11-12-24)13-20(17)23(25)21-14-22(27-16-26-21)28-19-9-4-3-5-10-19/h7-8,13-14,16,19,25H,3-6,9-12,15H2,1-2H3,(H,26,27,28). The van der Waals surface area contributed by atoms with Crippen molar-refractivity contribution in [2.45, 2.75) is 77.7 Å². The molecule has 0 spiro atoms. The van der Waals surface area contributed by atoms with Gasteiger partial charge in [-0.2, -0.15) is 0 Å². The molecule has 0 radical (unpaired) electrons. The van der Waals surface area contributed by atoms with E-state index in [1.807, 2.05) is 6.07 Å². The molecule has 28 heavy (non-hydrogen) atoms. The lowest BCUT2D eigenvalue weighted by atomic mass is 9.93. The number of anilines is 1. The summed E-state index contributed by atoms with van der Waals surface area (Å²) >= 11 is 0. The SMILES string of the molecule is CC1=CCC=C(CC2(C)CC2)C=C1C(=N)c1cc(NC2CCCCC2)ncn1. The van der Waals surface area contributed by atoms with Gasteiger partial charge in [0.1, 0.15) is 12.1 Å². The Morgan fingerprint density at radius 2 is 1.96 bits per heavy atom. The molecule has 1 heterocycles. The highest BCUT2D eigenvalue weighted by Gasteiger charge is 2.37. The lowest BCUT2D eigenvalue weighted by Crippen LogP contribution is -2.23. The van der Waals surface area contributed by atoms with Crippen molar-refractivity contribution in [2.75, 3.05) is 5.32 Å². The summed E-state index contributed by atoms with van der Waals surface area (Å²) in [6.45, 7) is 4.48. The van der Waals surface area contributed by atoms with Crippen molar-refractivity contribution >= 4 is 11.5 Å². The molecule has 3 aliphatic carbocycles. The summed E-state index contributed by atoms with van der Waals surface area (Å²) in [5.41, 5.74) is 5.19. The van der Waals surface area contributed by atoms with Gasteiger partial charge in [-0.25, -0.2) is 9.97 Å². The summed E-state index contributed by atoms with van der Waals surface area (Å²) in [5, 5.41) is 12.4. The average molecular weight is 377 g/mol. The molecule has 0 saturated heterocycles. The maximum atomic E-state index is 8.85. The fraction of sp³-hybridized carbons (Fsp3) is 0.542. The Morgan fingerprint density at radius 3 is 2.71 bits per heavy atom. The molecular weight excluding hydrogens is 344 g/mol. The van der Waals surface area contributed by atoms with Crippen LogP contribution in [0.25, 0.3) is 0 Å². The highest BCUT2D eigenvalue weighted by atomic mass is 15.0. The van der Waals surface area contributed by atoms with Crippen LogP contribution in [-0.4, -0.2) is 21.7 Å². The molecular formula is C24H32N4. The van der Waals surface area contributed by atoms with Crippen LogP contribution in [0.1, 0.15) is 77.3 Å². The van der Waals surface area contributed by atoms with Gasteiger partial charge in [-0.05, 0) is 62.5 Å². The summed E-state index contributed by atoms with van der Waals surface area (Å²) in [5.74, 6) is 0.846. The van der Waals surface area contributed by atoms with Crippen LogP contribution in [0.4, 0.5) is 5.82 Å². The number of hydrogen-bond acceptors (Lipinski definition) is 4. The first kappa shape index (κ1) is 19.1. The van der Waals surface area contributed by atoms with Gasteiger partial charge in [-0.1, -0.05) is 43.9 Å². The van der Waals surface area contributed by atoms with Gasteiger partial charge in [0.05, 0.1) is 11.4 Å². The van der Waals surface area contributed by atoms with Gasteiger partial charge < -0.3 is 5.32 Å². The van der Waals surface area contributed by atoms with Crippen molar-refractivity contribution < 1.29 is 0 Å². The van der Waals surface area contributed by atoms with E-state index in [0.29, 0.717) is 22.9 Å². The molecule has 1 aromatic rings. The van der Waals surface area contributed by atoms with Crippen LogP contribution in [0.15, 0.2) is 47.3 Å². The zero-order valence-corrected chi connectivity index (χ0v) is 17.2. The maximum absolute atomic E-state index is 8.85. The monoisotopic (exact) mass is 376 g/mol. The highest BCUT2D eigenvalue weighted by Crippen LogP contribution is 2.50. The topological polar surface area (TPSA) is 61.7 Å². The van der Waals surface area contributed by atoms with Gasteiger partial charge >= 0.3 is 0 Å². The fourth-order valence-corrected chi connectivity index (χ4v) is 4.30. The van der Waals surface area contributed by atoms with E-state index < -0.39 is 0 Å². The number of nitrogens with zero attached hydrogens (tertiary/aromatic N) is 2. The van der Waals surface area contributed by atoms with E-state index in [-0.39, 0.29) is 0 Å². The van der Waals surface area contributed by atoms with Crippen molar-refractivity contribution in [2.24, 2.45) is 5.41 Å². The lowest BCUT2D eigenvalue weighted by Gasteiger charge is -2.23. The number of allylic oxidation sites excluding steroid dienone is 6. The smallest absolute Gasteiger partial charge is 0.130 e. The Balaban J connectivity index is 1.53.